The van der Waals surface area contributed by atoms with Gasteiger partial charge in [-0.3, -0.25) is 0 Å². The van der Waals surface area contributed by atoms with Gasteiger partial charge in [0.05, 0.1) is 0 Å². The molecule has 0 heterocycles. The average molecular weight is 309 g/mol. The highest BCUT2D eigenvalue weighted by Gasteiger charge is 2.46. The van der Waals surface area contributed by atoms with Gasteiger partial charge in [0, 0.05) is 23.3 Å². The lowest BCUT2D eigenvalue weighted by Crippen LogP contribution is -2.24. The molecule has 3 nitrogen and oxygen atoms in total. The zero-order chi connectivity index (χ0) is 17.0. The van der Waals surface area contributed by atoms with Crippen molar-refractivity contribution in [3.8, 4) is 0 Å². The van der Waals surface area contributed by atoms with Crippen molar-refractivity contribution in [2.24, 2.45) is 5.73 Å². The minimum absolute atomic E-state index is 0.0570. The lowest BCUT2D eigenvalue weighted by Gasteiger charge is -2.29. The summed E-state index contributed by atoms with van der Waals surface area (Å²) >= 11 is 0. The van der Waals surface area contributed by atoms with Gasteiger partial charge in [-0.1, -0.05) is 39.0 Å². The molecule has 6 N–H and O–H groups in total. The van der Waals surface area contributed by atoms with Crippen LogP contribution in [-0.4, -0.2) is 0 Å². The Kier molecular flexibility index (Phi) is 3.45. The third-order valence-corrected chi connectivity index (χ3v) is 5.53. The molecule has 0 saturated carbocycles. The molecule has 0 aliphatic heterocycles. The first kappa shape index (κ1) is 15.9. The van der Waals surface area contributed by atoms with Crippen molar-refractivity contribution in [1.29, 1.82) is 0 Å². The number of anilines is 2. The van der Waals surface area contributed by atoms with Crippen LogP contribution in [0.5, 0.6) is 0 Å². The van der Waals surface area contributed by atoms with E-state index in [1.54, 1.807) is 0 Å². The molecule has 1 aliphatic rings. The van der Waals surface area contributed by atoms with Gasteiger partial charge >= 0.3 is 0 Å². The first-order valence-electron chi connectivity index (χ1n) is 8.19. The van der Waals surface area contributed by atoms with Gasteiger partial charge in [0.25, 0.3) is 0 Å². The van der Waals surface area contributed by atoms with E-state index < -0.39 is 0 Å². The minimum Gasteiger partial charge on any atom is -0.399 e. The molecule has 2 aromatic rings. The normalized spacial score (nSPS) is 22.1. The average Bonchev–Trinajstić information content (AvgIpc) is 2.67. The van der Waals surface area contributed by atoms with Crippen LogP contribution in [-0.2, 0) is 17.4 Å². The summed E-state index contributed by atoms with van der Waals surface area (Å²) in [4.78, 5) is 0. The molecule has 0 bridgehead atoms. The van der Waals surface area contributed by atoms with Gasteiger partial charge < -0.3 is 17.2 Å². The Morgan fingerprint density at radius 3 is 2.26 bits per heavy atom. The Bertz CT molecular complexity index is 777. The molecule has 3 heteroatoms. The van der Waals surface area contributed by atoms with E-state index in [0.717, 1.165) is 28.9 Å². The number of hydrogen-bond donors (Lipinski definition) is 3. The highest BCUT2D eigenvalue weighted by molar-refractivity contribution is 5.62. The zero-order valence-corrected chi connectivity index (χ0v) is 14.5. The SMILES string of the molecule is Cc1cc2c(cc1N)C(C)(C)CC2(C)c1ccc(CN)c(N)c1. The van der Waals surface area contributed by atoms with Crippen LogP contribution in [0.1, 0.15) is 55.0 Å². The van der Waals surface area contributed by atoms with Crippen molar-refractivity contribution < 1.29 is 0 Å². The van der Waals surface area contributed by atoms with Crippen molar-refractivity contribution in [3.05, 3.63) is 58.1 Å². The Morgan fingerprint density at radius 1 is 0.957 bits per heavy atom. The fourth-order valence-electron chi connectivity index (χ4n) is 4.20. The zero-order valence-electron chi connectivity index (χ0n) is 14.5. The monoisotopic (exact) mass is 309 g/mol. The summed E-state index contributed by atoms with van der Waals surface area (Å²) in [5.41, 5.74) is 25.9. The van der Waals surface area contributed by atoms with Gasteiger partial charge in [0.1, 0.15) is 0 Å². The molecule has 2 aromatic carbocycles. The molecule has 0 spiro atoms. The van der Waals surface area contributed by atoms with E-state index in [2.05, 4.69) is 58.0 Å². The van der Waals surface area contributed by atoms with Crippen LogP contribution in [0.25, 0.3) is 0 Å². The molecule has 1 atom stereocenters. The summed E-state index contributed by atoms with van der Waals surface area (Å²) in [6.07, 6.45) is 1.04. The maximum absolute atomic E-state index is 6.20. The van der Waals surface area contributed by atoms with E-state index >= 15 is 0 Å². The minimum atomic E-state index is -0.0570. The van der Waals surface area contributed by atoms with Crippen LogP contribution in [0.3, 0.4) is 0 Å². The highest BCUT2D eigenvalue weighted by atomic mass is 14.6. The van der Waals surface area contributed by atoms with Crippen molar-refractivity contribution in [1.82, 2.24) is 0 Å². The summed E-state index contributed by atoms with van der Waals surface area (Å²) in [5, 5.41) is 0. The van der Waals surface area contributed by atoms with Crippen LogP contribution in [0, 0.1) is 6.92 Å². The molecule has 23 heavy (non-hydrogen) atoms. The van der Waals surface area contributed by atoms with Gasteiger partial charge in [0.15, 0.2) is 0 Å². The Morgan fingerprint density at radius 2 is 1.65 bits per heavy atom. The second-order valence-corrected chi connectivity index (χ2v) is 7.76. The van der Waals surface area contributed by atoms with E-state index in [1.807, 2.05) is 0 Å². The topological polar surface area (TPSA) is 78.1 Å². The van der Waals surface area contributed by atoms with Crippen LogP contribution < -0.4 is 17.2 Å². The predicted molar refractivity (Wildman–Crippen MR) is 98.4 cm³/mol. The van der Waals surface area contributed by atoms with Crippen molar-refractivity contribution in [3.63, 3.8) is 0 Å². The molecule has 122 valence electrons. The van der Waals surface area contributed by atoms with E-state index in [-0.39, 0.29) is 10.8 Å². The second-order valence-electron chi connectivity index (χ2n) is 7.76. The Hall–Kier alpha value is -2.00. The van der Waals surface area contributed by atoms with Crippen molar-refractivity contribution in [2.45, 2.75) is 51.5 Å². The number of aryl methyl sites for hydroxylation is 1. The first-order chi connectivity index (χ1) is 10.7. The van der Waals surface area contributed by atoms with Gasteiger partial charge in [0.2, 0.25) is 0 Å². The molecule has 1 unspecified atom stereocenters. The van der Waals surface area contributed by atoms with Crippen LogP contribution in [0.4, 0.5) is 11.4 Å². The molecule has 0 fully saturated rings. The third kappa shape index (κ3) is 2.31. The van der Waals surface area contributed by atoms with Gasteiger partial charge in [-0.2, -0.15) is 0 Å². The maximum atomic E-state index is 6.20. The Labute approximate surface area is 138 Å². The van der Waals surface area contributed by atoms with Crippen molar-refractivity contribution in [2.75, 3.05) is 11.5 Å². The lowest BCUT2D eigenvalue weighted by molar-refractivity contribution is 0.425. The summed E-state index contributed by atoms with van der Waals surface area (Å²) in [7, 11) is 0. The molecule has 0 radical (unpaired) electrons. The number of rotatable bonds is 2. The number of nitrogen functional groups attached to an aromatic ring is 2. The summed E-state index contributed by atoms with van der Waals surface area (Å²) in [5.74, 6) is 0. The summed E-state index contributed by atoms with van der Waals surface area (Å²) in [6.45, 7) is 9.45. The molecule has 0 aromatic heterocycles. The third-order valence-electron chi connectivity index (χ3n) is 5.53. The van der Waals surface area contributed by atoms with E-state index in [9.17, 15) is 0 Å². The Balaban J connectivity index is 2.21. The lowest BCUT2D eigenvalue weighted by atomic mass is 9.74. The first-order valence-corrected chi connectivity index (χ1v) is 8.19. The number of fused-ring (bicyclic) bond motifs is 1. The van der Waals surface area contributed by atoms with E-state index in [1.165, 1.54) is 16.7 Å². The quantitative estimate of drug-likeness (QED) is 0.742. The van der Waals surface area contributed by atoms with E-state index in [4.69, 9.17) is 17.2 Å². The maximum Gasteiger partial charge on any atom is 0.0362 e. The largest absolute Gasteiger partial charge is 0.399 e. The molecule has 0 saturated heterocycles. The second kappa shape index (κ2) is 5.00. The van der Waals surface area contributed by atoms with Gasteiger partial charge in [-0.15, -0.1) is 0 Å². The molecule has 1 aliphatic carbocycles. The molecule has 3 rings (SSSR count). The highest BCUT2D eigenvalue weighted by Crippen LogP contribution is 2.53. The van der Waals surface area contributed by atoms with Gasteiger partial charge in [-0.05, 0) is 58.7 Å². The van der Waals surface area contributed by atoms with Crippen LogP contribution in [0.15, 0.2) is 30.3 Å². The molecule has 0 amide bonds. The smallest absolute Gasteiger partial charge is 0.0362 e. The van der Waals surface area contributed by atoms with Gasteiger partial charge in [-0.25, -0.2) is 0 Å². The number of hydrogen-bond acceptors (Lipinski definition) is 3. The fourth-order valence-corrected chi connectivity index (χ4v) is 4.20. The number of benzene rings is 2. The standard InChI is InChI=1S/C20H27N3/c1-12-7-16-15(9-17(12)22)19(2,3)11-20(16,4)14-6-5-13(10-21)18(23)8-14/h5-9H,10-11,21-23H2,1-4H3. The summed E-state index contributed by atoms with van der Waals surface area (Å²) in [6, 6.07) is 10.7. The van der Waals surface area contributed by atoms with Crippen molar-refractivity contribution >= 4 is 11.4 Å². The van der Waals surface area contributed by atoms with E-state index in [0.29, 0.717) is 6.54 Å². The fraction of sp³-hybridized carbons (Fsp3) is 0.400. The van der Waals surface area contributed by atoms with Crippen LogP contribution in [0.2, 0.25) is 0 Å². The molecular formula is C20H27N3. The summed E-state index contributed by atoms with van der Waals surface area (Å²) < 4.78 is 0. The molecular weight excluding hydrogens is 282 g/mol. The van der Waals surface area contributed by atoms with Crippen LogP contribution >= 0.6 is 0 Å². The number of nitrogens with two attached hydrogens (primary N) is 3. The predicted octanol–water partition coefficient (Wildman–Crippen LogP) is 3.61.